The minimum absolute atomic E-state index is 0.233. The van der Waals surface area contributed by atoms with Gasteiger partial charge in [0.25, 0.3) is 0 Å². The van der Waals surface area contributed by atoms with Crippen LogP contribution in [0.5, 0.6) is 5.75 Å². The number of rotatable bonds is 17. The fourth-order valence-electron chi connectivity index (χ4n) is 4.89. The summed E-state index contributed by atoms with van der Waals surface area (Å²) < 4.78 is 6.39. The van der Waals surface area contributed by atoms with Gasteiger partial charge < -0.3 is 9.84 Å². The molecule has 1 atom stereocenters. The van der Waals surface area contributed by atoms with E-state index in [2.05, 4.69) is 74.5 Å². The standard InChI is InChI=1S/C33H46O2/c1-3-4-5-11-16-27(2)35-33-19-14-13-18-32(33)31-23-22-29-25-28(20-21-30(29)26-31)17-12-9-7-6-8-10-15-24-34/h13-14,18-23,25-27,34H,3-12,15-17,24H2,1-2H3/t27-/m1/s1. The van der Waals surface area contributed by atoms with E-state index < -0.39 is 0 Å². The maximum atomic E-state index is 8.86. The summed E-state index contributed by atoms with van der Waals surface area (Å²) >= 11 is 0. The summed E-state index contributed by atoms with van der Waals surface area (Å²) in [6.07, 6.45) is 16.1. The summed E-state index contributed by atoms with van der Waals surface area (Å²) in [4.78, 5) is 0. The zero-order chi connectivity index (χ0) is 24.7. The second-order valence-electron chi connectivity index (χ2n) is 10.1. The summed E-state index contributed by atoms with van der Waals surface area (Å²) in [5.74, 6) is 0.989. The van der Waals surface area contributed by atoms with Crippen molar-refractivity contribution >= 4 is 10.8 Å². The lowest BCUT2D eigenvalue weighted by Crippen LogP contribution is -2.12. The summed E-state index contributed by atoms with van der Waals surface area (Å²) in [5.41, 5.74) is 3.84. The number of aliphatic hydroxyl groups excluding tert-OH is 1. The Morgan fingerprint density at radius 2 is 1.40 bits per heavy atom. The molecule has 2 heteroatoms. The monoisotopic (exact) mass is 474 g/mol. The number of ether oxygens (including phenoxy) is 1. The lowest BCUT2D eigenvalue weighted by molar-refractivity contribution is 0.207. The summed E-state index contributed by atoms with van der Waals surface area (Å²) in [6.45, 7) is 4.79. The molecule has 2 nitrogen and oxygen atoms in total. The Labute approximate surface area is 213 Å². The first kappa shape index (κ1) is 27.3. The Morgan fingerprint density at radius 1 is 0.714 bits per heavy atom. The van der Waals surface area contributed by atoms with E-state index in [0.29, 0.717) is 6.61 Å². The predicted molar refractivity (Wildman–Crippen MR) is 151 cm³/mol. The van der Waals surface area contributed by atoms with Crippen LogP contribution in [0.15, 0.2) is 60.7 Å². The van der Waals surface area contributed by atoms with Crippen molar-refractivity contribution in [2.24, 2.45) is 0 Å². The van der Waals surface area contributed by atoms with Crippen molar-refractivity contribution < 1.29 is 9.84 Å². The fraction of sp³-hybridized carbons (Fsp3) is 0.515. The first-order chi connectivity index (χ1) is 17.2. The van der Waals surface area contributed by atoms with Gasteiger partial charge in [0.15, 0.2) is 0 Å². The number of benzene rings is 3. The first-order valence-corrected chi connectivity index (χ1v) is 14.1. The zero-order valence-corrected chi connectivity index (χ0v) is 22.1. The van der Waals surface area contributed by atoms with E-state index in [9.17, 15) is 0 Å². The molecular formula is C33H46O2. The van der Waals surface area contributed by atoms with Gasteiger partial charge in [-0.1, -0.05) is 107 Å². The van der Waals surface area contributed by atoms with Crippen LogP contribution in [0.3, 0.4) is 0 Å². The van der Waals surface area contributed by atoms with Crippen molar-refractivity contribution in [2.45, 2.75) is 103 Å². The van der Waals surface area contributed by atoms with E-state index in [4.69, 9.17) is 9.84 Å². The third-order valence-electron chi connectivity index (χ3n) is 7.02. The van der Waals surface area contributed by atoms with E-state index in [0.717, 1.165) is 31.4 Å². The minimum Gasteiger partial charge on any atom is -0.490 e. The molecule has 0 aliphatic rings. The topological polar surface area (TPSA) is 29.5 Å². The Hall–Kier alpha value is -2.32. The van der Waals surface area contributed by atoms with Crippen LogP contribution >= 0.6 is 0 Å². The molecule has 0 heterocycles. The normalized spacial score (nSPS) is 12.2. The van der Waals surface area contributed by atoms with Gasteiger partial charge >= 0.3 is 0 Å². The quantitative estimate of drug-likeness (QED) is 0.197. The second kappa shape index (κ2) is 15.6. The van der Waals surface area contributed by atoms with E-state index in [1.807, 2.05) is 0 Å². The van der Waals surface area contributed by atoms with Gasteiger partial charge in [-0.15, -0.1) is 0 Å². The molecule has 35 heavy (non-hydrogen) atoms. The molecule has 1 N–H and O–H groups in total. The van der Waals surface area contributed by atoms with Gasteiger partial charge in [0.1, 0.15) is 5.75 Å². The number of unbranched alkanes of at least 4 members (excludes halogenated alkanes) is 9. The number of aliphatic hydroxyl groups is 1. The molecule has 0 spiro atoms. The zero-order valence-electron chi connectivity index (χ0n) is 22.1. The van der Waals surface area contributed by atoms with Crippen LogP contribution < -0.4 is 4.74 Å². The smallest absolute Gasteiger partial charge is 0.127 e. The van der Waals surface area contributed by atoms with Crippen molar-refractivity contribution in [1.82, 2.24) is 0 Å². The maximum absolute atomic E-state index is 8.86. The van der Waals surface area contributed by atoms with E-state index in [1.165, 1.54) is 85.3 Å². The SMILES string of the molecule is CCCCCC[C@@H](C)Oc1ccccc1-c1ccc2cc(CCCCCCCCCO)ccc2c1. The van der Waals surface area contributed by atoms with Gasteiger partial charge in [0.05, 0.1) is 6.10 Å². The van der Waals surface area contributed by atoms with Crippen LogP contribution in [-0.4, -0.2) is 17.8 Å². The molecule has 0 bridgehead atoms. The third kappa shape index (κ3) is 9.33. The van der Waals surface area contributed by atoms with Crippen molar-refractivity contribution in [3.05, 3.63) is 66.2 Å². The van der Waals surface area contributed by atoms with E-state index in [-0.39, 0.29) is 6.10 Å². The highest BCUT2D eigenvalue weighted by atomic mass is 16.5. The van der Waals surface area contributed by atoms with Crippen LogP contribution in [-0.2, 0) is 6.42 Å². The highest BCUT2D eigenvalue weighted by Crippen LogP contribution is 2.33. The number of hydrogen-bond donors (Lipinski definition) is 1. The molecule has 3 rings (SSSR count). The van der Waals surface area contributed by atoms with Gasteiger partial charge in [0, 0.05) is 12.2 Å². The van der Waals surface area contributed by atoms with Gasteiger partial charge in [-0.3, -0.25) is 0 Å². The van der Waals surface area contributed by atoms with Gasteiger partial charge in [-0.25, -0.2) is 0 Å². The molecular weight excluding hydrogens is 428 g/mol. The van der Waals surface area contributed by atoms with Gasteiger partial charge in [-0.2, -0.15) is 0 Å². The Bertz CT molecular complexity index is 993. The van der Waals surface area contributed by atoms with Crippen LogP contribution in [0, 0.1) is 0 Å². The van der Waals surface area contributed by atoms with E-state index in [1.54, 1.807) is 0 Å². The summed E-state index contributed by atoms with van der Waals surface area (Å²) in [6, 6.07) is 22.2. The molecule has 0 saturated heterocycles. The van der Waals surface area contributed by atoms with Crippen LogP contribution in [0.25, 0.3) is 21.9 Å². The van der Waals surface area contributed by atoms with Crippen molar-refractivity contribution in [3.8, 4) is 16.9 Å². The summed E-state index contributed by atoms with van der Waals surface area (Å²) in [7, 11) is 0. The van der Waals surface area contributed by atoms with Crippen molar-refractivity contribution in [3.63, 3.8) is 0 Å². The molecule has 0 unspecified atom stereocenters. The maximum Gasteiger partial charge on any atom is 0.127 e. The number of aryl methyl sites for hydroxylation is 1. The molecule has 0 aliphatic carbocycles. The van der Waals surface area contributed by atoms with Crippen molar-refractivity contribution in [2.75, 3.05) is 6.61 Å². The largest absolute Gasteiger partial charge is 0.490 e. The lowest BCUT2D eigenvalue weighted by Gasteiger charge is -2.18. The minimum atomic E-state index is 0.233. The number of fused-ring (bicyclic) bond motifs is 1. The fourth-order valence-corrected chi connectivity index (χ4v) is 4.89. The second-order valence-corrected chi connectivity index (χ2v) is 10.1. The molecule has 0 radical (unpaired) electrons. The molecule has 0 fully saturated rings. The van der Waals surface area contributed by atoms with Crippen molar-refractivity contribution in [1.29, 1.82) is 0 Å². The highest BCUT2D eigenvalue weighted by molar-refractivity contribution is 5.88. The van der Waals surface area contributed by atoms with Gasteiger partial charge in [-0.05, 0) is 73.1 Å². The number of hydrogen-bond acceptors (Lipinski definition) is 2. The van der Waals surface area contributed by atoms with Crippen LogP contribution in [0.1, 0.15) is 96.5 Å². The molecule has 190 valence electrons. The first-order valence-electron chi connectivity index (χ1n) is 14.1. The number of para-hydroxylation sites is 1. The van der Waals surface area contributed by atoms with E-state index >= 15 is 0 Å². The molecule has 0 aromatic heterocycles. The van der Waals surface area contributed by atoms with Gasteiger partial charge in [0.2, 0.25) is 0 Å². The Balaban J connectivity index is 1.57. The molecule has 0 aliphatic heterocycles. The highest BCUT2D eigenvalue weighted by Gasteiger charge is 2.11. The summed E-state index contributed by atoms with van der Waals surface area (Å²) in [5, 5.41) is 11.5. The Morgan fingerprint density at radius 3 is 2.20 bits per heavy atom. The van der Waals surface area contributed by atoms with Crippen LogP contribution in [0.4, 0.5) is 0 Å². The van der Waals surface area contributed by atoms with Crippen LogP contribution in [0.2, 0.25) is 0 Å². The Kier molecular flexibility index (Phi) is 12.2. The third-order valence-corrected chi connectivity index (χ3v) is 7.02. The molecule has 3 aromatic carbocycles. The molecule has 0 amide bonds. The average Bonchev–Trinajstić information content (AvgIpc) is 2.88. The molecule has 3 aromatic rings. The molecule has 0 saturated carbocycles. The lowest BCUT2D eigenvalue weighted by atomic mass is 9.97. The predicted octanol–water partition coefficient (Wildman–Crippen LogP) is 9.51. The average molecular weight is 475 g/mol.